The Morgan fingerprint density at radius 3 is 2.65 bits per heavy atom. The van der Waals surface area contributed by atoms with Crippen LogP contribution in [0.5, 0.6) is 0 Å². The molecular formula is C19H29N3O4. The van der Waals surface area contributed by atoms with E-state index in [1.165, 1.54) is 6.42 Å². The fourth-order valence-electron chi connectivity index (χ4n) is 4.24. The summed E-state index contributed by atoms with van der Waals surface area (Å²) in [5.74, 6) is -0.443. The van der Waals surface area contributed by atoms with Gasteiger partial charge in [-0.3, -0.25) is 19.3 Å². The highest BCUT2D eigenvalue weighted by Gasteiger charge is 2.33. The van der Waals surface area contributed by atoms with Gasteiger partial charge in [0.25, 0.3) is 10.9 Å². The summed E-state index contributed by atoms with van der Waals surface area (Å²) in [6, 6.07) is 0.408. The van der Waals surface area contributed by atoms with Crippen LogP contribution >= 0.6 is 0 Å². The van der Waals surface area contributed by atoms with Crippen molar-refractivity contribution < 1.29 is 9.53 Å². The number of esters is 1. The third-order valence-electron chi connectivity index (χ3n) is 5.66. The smallest absolute Gasteiger partial charge is 0.310 e. The lowest BCUT2D eigenvalue weighted by Crippen LogP contribution is -2.48. The summed E-state index contributed by atoms with van der Waals surface area (Å²) in [5.41, 5.74) is 0.0302. The summed E-state index contributed by atoms with van der Waals surface area (Å²) in [7, 11) is 0. The number of carbonyl (C=O) groups excluding carboxylic acids is 1. The first-order valence-corrected chi connectivity index (χ1v) is 9.79. The second-order valence-corrected chi connectivity index (χ2v) is 7.22. The number of rotatable bonds is 7. The zero-order valence-electron chi connectivity index (χ0n) is 15.8. The molecule has 2 saturated heterocycles. The summed E-state index contributed by atoms with van der Waals surface area (Å²) >= 11 is 0. The van der Waals surface area contributed by atoms with Crippen LogP contribution in [0.25, 0.3) is 0 Å². The molecule has 2 atom stereocenters. The van der Waals surface area contributed by atoms with Crippen LogP contribution in [0.2, 0.25) is 0 Å². The first-order valence-electron chi connectivity index (χ1n) is 9.79. The van der Waals surface area contributed by atoms with Gasteiger partial charge in [-0.1, -0.05) is 6.92 Å². The van der Waals surface area contributed by atoms with E-state index in [0.29, 0.717) is 43.7 Å². The van der Waals surface area contributed by atoms with Gasteiger partial charge in [-0.05, 0) is 45.7 Å². The van der Waals surface area contributed by atoms with Gasteiger partial charge in [-0.15, -0.1) is 0 Å². The first kappa shape index (κ1) is 18.9. The molecule has 144 valence electrons. The minimum Gasteiger partial charge on any atom is -0.466 e. The second kappa shape index (κ2) is 8.20. The largest absolute Gasteiger partial charge is 0.466 e. The summed E-state index contributed by atoms with van der Waals surface area (Å²) < 4.78 is 5.12. The van der Waals surface area contributed by atoms with E-state index in [9.17, 15) is 14.4 Å². The van der Waals surface area contributed by atoms with E-state index in [0.717, 1.165) is 32.4 Å². The molecule has 0 saturated carbocycles. The fraction of sp³-hybridized carbons (Fsp3) is 0.737. The number of nitrogens with one attached hydrogen (secondary N) is 1. The topological polar surface area (TPSA) is 79.0 Å². The Balaban J connectivity index is 1.67. The van der Waals surface area contributed by atoms with E-state index in [1.807, 2.05) is 4.90 Å². The molecule has 7 nitrogen and oxygen atoms in total. The molecule has 0 radical (unpaired) electrons. The first-order chi connectivity index (χ1) is 12.6. The highest BCUT2D eigenvalue weighted by atomic mass is 16.5. The summed E-state index contributed by atoms with van der Waals surface area (Å²) in [6.45, 7) is 8.21. The van der Waals surface area contributed by atoms with Crippen LogP contribution in [-0.2, 0) is 9.53 Å². The highest BCUT2D eigenvalue weighted by Crippen LogP contribution is 2.27. The number of anilines is 2. The van der Waals surface area contributed by atoms with Crippen LogP contribution in [0.4, 0.5) is 11.4 Å². The maximum absolute atomic E-state index is 12.2. The molecule has 0 bridgehead atoms. The molecule has 0 unspecified atom stereocenters. The molecule has 1 aromatic carbocycles. The van der Waals surface area contributed by atoms with Crippen molar-refractivity contribution >= 4 is 17.3 Å². The SMILES string of the molecule is CCOC(=O)[C@H]1CCCN(c2c(NC[C@@H]3CCCN3CC)c(=O)c2=O)C1. The minimum atomic E-state index is -0.434. The molecule has 0 aromatic heterocycles. The molecule has 2 aliphatic heterocycles. The van der Waals surface area contributed by atoms with Crippen molar-refractivity contribution in [2.75, 3.05) is 49.5 Å². The summed E-state index contributed by atoms with van der Waals surface area (Å²) in [5, 5.41) is 3.23. The van der Waals surface area contributed by atoms with Crippen LogP contribution < -0.4 is 21.1 Å². The maximum Gasteiger partial charge on any atom is 0.310 e. The summed E-state index contributed by atoms with van der Waals surface area (Å²) in [6.07, 6.45) is 3.86. The number of hydrogen-bond donors (Lipinski definition) is 1. The molecule has 3 rings (SSSR count). The Labute approximate surface area is 154 Å². The lowest BCUT2D eigenvalue weighted by Gasteiger charge is -2.35. The maximum atomic E-state index is 12.2. The third-order valence-corrected chi connectivity index (χ3v) is 5.66. The van der Waals surface area contributed by atoms with Crippen LogP contribution in [0.3, 0.4) is 0 Å². The van der Waals surface area contributed by atoms with Gasteiger partial charge >= 0.3 is 5.97 Å². The zero-order valence-corrected chi connectivity index (χ0v) is 15.8. The minimum absolute atomic E-state index is 0.213. The summed E-state index contributed by atoms with van der Waals surface area (Å²) in [4.78, 5) is 40.6. The Hall–Kier alpha value is -1.89. The zero-order chi connectivity index (χ0) is 18.7. The number of likely N-dealkylation sites (N-methyl/N-ethyl adjacent to an activating group) is 1. The van der Waals surface area contributed by atoms with E-state index < -0.39 is 10.9 Å². The molecule has 1 aromatic rings. The lowest BCUT2D eigenvalue weighted by molar-refractivity contribution is -0.148. The molecule has 26 heavy (non-hydrogen) atoms. The van der Waals surface area contributed by atoms with E-state index in [-0.39, 0.29) is 11.9 Å². The fourth-order valence-corrected chi connectivity index (χ4v) is 4.24. The van der Waals surface area contributed by atoms with Crippen LogP contribution in [0, 0.1) is 5.92 Å². The van der Waals surface area contributed by atoms with Gasteiger partial charge in [0.2, 0.25) is 0 Å². The van der Waals surface area contributed by atoms with Crippen molar-refractivity contribution in [1.29, 1.82) is 0 Å². The molecule has 7 heteroatoms. The Morgan fingerprint density at radius 1 is 1.15 bits per heavy atom. The van der Waals surface area contributed by atoms with Gasteiger partial charge in [0.05, 0.1) is 12.5 Å². The highest BCUT2D eigenvalue weighted by molar-refractivity contribution is 5.78. The third kappa shape index (κ3) is 3.63. The van der Waals surface area contributed by atoms with Crippen molar-refractivity contribution in [3.8, 4) is 0 Å². The van der Waals surface area contributed by atoms with Crippen molar-refractivity contribution in [2.45, 2.75) is 45.6 Å². The predicted molar refractivity (Wildman–Crippen MR) is 102 cm³/mol. The monoisotopic (exact) mass is 363 g/mol. The van der Waals surface area contributed by atoms with Gasteiger partial charge in [0.1, 0.15) is 11.4 Å². The number of ether oxygens (including phenoxy) is 1. The Bertz CT molecular complexity index is 710. The van der Waals surface area contributed by atoms with Gasteiger partial charge in [-0.2, -0.15) is 0 Å². The number of hydrogen-bond acceptors (Lipinski definition) is 7. The van der Waals surface area contributed by atoms with Gasteiger partial charge in [0, 0.05) is 25.7 Å². The van der Waals surface area contributed by atoms with Gasteiger partial charge in [-0.25, -0.2) is 0 Å². The van der Waals surface area contributed by atoms with Crippen LogP contribution in [0.1, 0.15) is 39.5 Å². The molecule has 2 fully saturated rings. The average Bonchev–Trinajstić information content (AvgIpc) is 3.12. The number of piperidine rings is 1. The predicted octanol–water partition coefficient (Wildman–Crippen LogP) is 0.958. The Kier molecular flexibility index (Phi) is 5.96. The molecule has 0 amide bonds. The van der Waals surface area contributed by atoms with Crippen molar-refractivity contribution in [3.05, 3.63) is 20.4 Å². The molecule has 2 aliphatic rings. The van der Waals surface area contributed by atoms with E-state index in [2.05, 4.69) is 17.1 Å². The van der Waals surface area contributed by atoms with E-state index in [4.69, 9.17) is 4.74 Å². The molecule has 2 heterocycles. The van der Waals surface area contributed by atoms with E-state index >= 15 is 0 Å². The molecule has 1 N–H and O–H groups in total. The van der Waals surface area contributed by atoms with E-state index in [1.54, 1.807) is 6.92 Å². The Morgan fingerprint density at radius 2 is 1.92 bits per heavy atom. The van der Waals surface area contributed by atoms with Gasteiger partial charge in [0.15, 0.2) is 0 Å². The standard InChI is InChI=1S/C19H29N3O4/c1-3-21-9-6-8-14(21)11-20-15-16(18(24)17(15)23)22-10-5-7-13(12-22)19(25)26-4-2/h13-14,20H,3-12H2,1-2H3/t13-,14-/m0/s1. The van der Waals surface area contributed by atoms with Crippen molar-refractivity contribution in [1.82, 2.24) is 4.90 Å². The second-order valence-electron chi connectivity index (χ2n) is 7.22. The van der Waals surface area contributed by atoms with Gasteiger partial charge < -0.3 is 15.0 Å². The number of nitrogens with zero attached hydrogens (tertiary/aromatic N) is 2. The number of carbonyl (C=O) groups is 1. The molecular weight excluding hydrogens is 334 g/mol. The van der Waals surface area contributed by atoms with Crippen molar-refractivity contribution in [3.63, 3.8) is 0 Å². The normalized spacial score (nSPS) is 24.2. The quantitative estimate of drug-likeness (QED) is 0.571. The lowest BCUT2D eigenvalue weighted by atomic mass is 9.96. The van der Waals surface area contributed by atoms with Crippen molar-refractivity contribution in [2.24, 2.45) is 5.92 Å². The molecule has 0 aliphatic carbocycles. The number of likely N-dealkylation sites (tertiary alicyclic amines) is 1. The van der Waals surface area contributed by atoms with Crippen LogP contribution in [0.15, 0.2) is 9.59 Å². The average molecular weight is 363 g/mol. The molecule has 0 spiro atoms. The van der Waals surface area contributed by atoms with Crippen LogP contribution in [-0.4, -0.2) is 56.2 Å².